The highest BCUT2D eigenvalue weighted by Crippen LogP contribution is 2.49. The molecule has 1 aliphatic heterocycles. The predicted molar refractivity (Wildman–Crippen MR) is 161 cm³/mol. The number of rotatable bonds is 8. The third-order valence-electron chi connectivity index (χ3n) is 7.67. The van der Waals surface area contributed by atoms with Crippen LogP contribution in [0.2, 0.25) is 5.02 Å². The molecule has 2 atom stereocenters. The van der Waals surface area contributed by atoms with Crippen LogP contribution in [-0.4, -0.2) is 22.5 Å². The highest BCUT2D eigenvalue weighted by atomic mass is 35.5. The van der Waals surface area contributed by atoms with Crippen molar-refractivity contribution in [1.82, 2.24) is 0 Å². The van der Waals surface area contributed by atoms with E-state index in [1.165, 1.54) is 19.1 Å². The third kappa shape index (κ3) is 5.85. The summed E-state index contributed by atoms with van der Waals surface area (Å²) in [7, 11) is 0. The van der Waals surface area contributed by atoms with Crippen LogP contribution in [0.1, 0.15) is 66.7 Å². The number of alkyl halides is 3. The maximum absolute atomic E-state index is 13.0. The minimum Gasteiger partial charge on any atom is -0.478 e. The first-order valence-electron chi connectivity index (χ1n) is 13.7. The molecule has 0 radical (unpaired) electrons. The molecule has 1 aliphatic rings. The molecule has 5 rings (SSSR count). The normalized spacial score (nSPS) is 17.3. The average Bonchev–Trinajstić information content (AvgIpc) is 3.47. The Morgan fingerprint density at radius 3 is 2.33 bits per heavy atom. The second kappa shape index (κ2) is 10.8. The number of hydrogen-bond donors (Lipinski definition) is 4. The first-order chi connectivity index (χ1) is 20.8. The molecule has 0 amide bonds. The second-order valence-corrected chi connectivity index (χ2v) is 12.4. The lowest BCUT2D eigenvalue weighted by atomic mass is 9.84. The molecule has 2 heterocycles. The van der Waals surface area contributed by atoms with Crippen LogP contribution < -0.4 is 31.1 Å². The van der Waals surface area contributed by atoms with Crippen molar-refractivity contribution in [2.75, 3.05) is 15.5 Å². The van der Waals surface area contributed by atoms with Gasteiger partial charge in [0.25, 0.3) is 10.9 Å². The molecule has 14 heteroatoms. The molecule has 0 fully saturated rings. The van der Waals surface area contributed by atoms with E-state index in [9.17, 15) is 37.8 Å². The molecule has 0 saturated heterocycles. The molecule has 1 unspecified atom stereocenters. The van der Waals surface area contributed by atoms with Gasteiger partial charge in [0.05, 0.1) is 17.3 Å². The first-order valence-corrected chi connectivity index (χ1v) is 14.1. The largest absolute Gasteiger partial charge is 0.573 e. The number of carboxylic acid groups (broad SMARTS) is 1. The zero-order valence-electron chi connectivity index (χ0n) is 24.7. The van der Waals surface area contributed by atoms with Crippen LogP contribution in [0.25, 0.3) is 0 Å². The number of ether oxygens (including phenoxy) is 1. The molecule has 1 aromatic heterocycles. The van der Waals surface area contributed by atoms with Gasteiger partial charge in [-0.25, -0.2) is 4.79 Å². The number of nitrogens with zero attached hydrogens (tertiary/aromatic N) is 1. The lowest BCUT2D eigenvalue weighted by molar-refractivity contribution is -0.274. The minimum atomic E-state index is -5.05. The van der Waals surface area contributed by atoms with Gasteiger partial charge in [-0.3, -0.25) is 9.59 Å². The fraction of sp³-hybridized carbons (Fsp3) is 0.323. The van der Waals surface area contributed by atoms with E-state index >= 15 is 0 Å². The van der Waals surface area contributed by atoms with E-state index < -0.39 is 51.7 Å². The Morgan fingerprint density at radius 1 is 1.09 bits per heavy atom. The molecule has 0 spiro atoms. The number of hydrogen-bond acceptors (Lipinski definition) is 9. The van der Waals surface area contributed by atoms with Crippen LogP contribution in [0.3, 0.4) is 0 Å². The molecule has 3 aromatic carbocycles. The zero-order valence-corrected chi connectivity index (χ0v) is 25.5. The van der Waals surface area contributed by atoms with Crippen LogP contribution in [0, 0.1) is 12.3 Å². The van der Waals surface area contributed by atoms with Gasteiger partial charge in [0, 0.05) is 34.4 Å². The molecule has 0 bridgehead atoms. The van der Waals surface area contributed by atoms with Crippen LogP contribution in [-0.2, 0) is 12.3 Å². The summed E-state index contributed by atoms with van der Waals surface area (Å²) in [6, 6.07) is 8.64. The molecule has 0 aliphatic carbocycles. The van der Waals surface area contributed by atoms with Crippen molar-refractivity contribution in [1.29, 1.82) is 0 Å². The van der Waals surface area contributed by atoms with Crippen molar-refractivity contribution in [2.24, 2.45) is 5.41 Å². The topological polar surface area (TPSA) is 141 Å². The predicted octanol–water partition coefficient (Wildman–Crippen LogP) is 6.56. The average molecular weight is 648 g/mol. The monoisotopic (exact) mass is 647 g/mol. The summed E-state index contributed by atoms with van der Waals surface area (Å²) in [6.45, 7) is 8.66. The van der Waals surface area contributed by atoms with Crippen LogP contribution in [0.4, 0.5) is 35.9 Å². The number of carbonyl (C=O) groups is 1. The molecular formula is C31H29ClF3N3O7. The number of aliphatic hydroxyl groups is 1. The van der Waals surface area contributed by atoms with E-state index in [2.05, 4.69) is 15.4 Å². The number of halogens is 4. The van der Waals surface area contributed by atoms with E-state index in [4.69, 9.17) is 16.0 Å². The molecule has 10 nitrogen and oxygen atoms in total. The Balaban J connectivity index is 1.55. The van der Waals surface area contributed by atoms with Crippen molar-refractivity contribution in [3.8, 4) is 5.75 Å². The van der Waals surface area contributed by atoms with Crippen molar-refractivity contribution < 1.29 is 37.3 Å². The third-order valence-corrected chi connectivity index (χ3v) is 8.02. The Hall–Kier alpha value is -4.49. The minimum absolute atomic E-state index is 0.00246. The van der Waals surface area contributed by atoms with Gasteiger partial charge in [-0.05, 0) is 55.7 Å². The summed E-state index contributed by atoms with van der Waals surface area (Å²) < 4.78 is 48.7. The molecule has 45 heavy (non-hydrogen) atoms. The Labute approximate surface area is 259 Å². The molecule has 4 aromatic rings. The van der Waals surface area contributed by atoms with Crippen LogP contribution >= 0.6 is 11.6 Å². The van der Waals surface area contributed by atoms with Gasteiger partial charge in [-0.1, -0.05) is 32.4 Å². The molecule has 4 N–H and O–H groups in total. The number of furan rings is 1. The highest BCUT2D eigenvalue weighted by molar-refractivity contribution is 6.31. The van der Waals surface area contributed by atoms with E-state index in [1.807, 2.05) is 20.8 Å². The van der Waals surface area contributed by atoms with Crippen LogP contribution in [0.15, 0.2) is 56.5 Å². The summed E-state index contributed by atoms with van der Waals surface area (Å²) in [5.41, 5.74) is -4.25. The quantitative estimate of drug-likeness (QED) is 0.155. The van der Waals surface area contributed by atoms with Crippen LogP contribution in [0.5, 0.6) is 5.75 Å². The lowest BCUT2D eigenvalue weighted by Crippen LogP contribution is -2.41. The fourth-order valence-electron chi connectivity index (χ4n) is 5.55. The number of nitrogens with one attached hydrogen (secondary N) is 2. The Bertz CT molecular complexity index is 1880. The van der Waals surface area contributed by atoms with E-state index in [0.29, 0.717) is 17.1 Å². The summed E-state index contributed by atoms with van der Waals surface area (Å²) in [6.07, 6.45) is -5.05. The van der Waals surface area contributed by atoms with Gasteiger partial charge in [0.2, 0.25) is 0 Å². The Kier molecular flexibility index (Phi) is 7.69. The number of aromatic carboxylic acids is 1. The summed E-state index contributed by atoms with van der Waals surface area (Å²) >= 11 is 6.48. The maximum Gasteiger partial charge on any atom is 0.573 e. The zero-order chi connectivity index (χ0) is 33.2. The molecular weight excluding hydrogens is 619 g/mol. The number of carboxylic acids is 1. The first kappa shape index (κ1) is 31.9. The van der Waals surface area contributed by atoms with E-state index in [0.717, 1.165) is 23.1 Å². The summed E-state index contributed by atoms with van der Waals surface area (Å²) in [5, 5.41) is 27.9. The lowest BCUT2D eigenvalue weighted by Gasteiger charge is -2.35. The smallest absolute Gasteiger partial charge is 0.478 e. The highest BCUT2D eigenvalue weighted by Gasteiger charge is 2.45. The SMILES string of the molecule is Cc1ccc([C@H](Nc2c(Nc3ccc(Cl)c4c3C(C)(O)N(c3cc(OC(F)(F)F)ccc3C(=O)O)C4)c(=O)c2=O)C(C)(C)C)o1. The Morgan fingerprint density at radius 2 is 1.76 bits per heavy atom. The number of anilines is 4. The standard InChI is InChI=1S/C31H29ClF3N3O7/c1-14-6-11-21(44-14)27(29(2,3)4)37-24-23(25(39)26(24)40)36-19-10-9-18(32)17-13-38(30(5,43)22(17)19)20-12-15(45-31(33,34)35)7-8-16(20)28(41)42/h6-12,27,36-37,43H,13H2,1-5H3,(H,41,42)/t27-,30?/m0/s1. The van der Waals surface area contributed by atoms with Gasteiger partial charge < -0.3 is 34.9 Å². The number of aryl methyl sites for hydroxylation is 1. The van der Waals surface area contributed by atoms with Gasteiger partial charge in [0.1, 0.15) is 28.6 Å². The van der Waals surface area contributed by atoms with E-state index in [-0.39, 0.29) is 39.9 Å². The van der Waals surface area contributed by atoms with Gasteiger partial charge in [-0.15, -0.1) is 13.2 Å². The van der Waals surface area contributed by atoms with Crippen molar-refractivity contribution in [3.05, 3.63) is 96.1 Å². The van der Waals surface area contributed by atoms with Gasteiger partial charge in [0.15, 0.2) is 5.72 Å². The number of fused-ring (bicyclic) bond motifs is 1. The van der Waals surface area contributed by atoms with Gasteiger partial charge >= 0.3 is 12.3 Å². The molecule has 0 saturated carbocycles. The molecule has 238 valence electrons. The van der Waals surface area contributed by atoms with Crippen molar-refractivity contribution in [2.45, 2.75) is 59.3 Å². The number of benzene rings is 2. The summed E-state index contributed by atoms with van der Waals surface area (Å²) in [4.78, 5) is 38.8. The summed E-state index contributed by atoms with van der Waals surface area (Å²) in [5.74, 6) is -0.942. The van der Waals surface area contributed by atoms with Crippen molar-refractivity contribution >= 4 is 40.3 Å². The second-order valence-electron chi connectivity index (χ2n) is 12.0. The van der Waals surface area contributed by atoms with E-state index in [1.54, 1.807) is 19.1 Å². The van der Waals surface area contributed by atoms with Gasteiger partial charge in [-0.2, -0.15) is 0 Å². The van der Waals surface area contributed by atoms with Crippen molar-refractivity contribution in [3.63, 3.8) is 0 Å². The maximum atomic E-state index is 13.0. The fourth-order valence-corrected chi connectivity index (χ4v) is 5.77.